The van der Waals surface area contributed by atoms with Gasteiger partial charge in [-0.3, -0.25) is 4.79 Å². The molecule has 1 unspecified atom stereocenters. The zero-order valence-corrected chi connectivity index (χ0v) is 13.2. The standard InChI is InChI=1S/C15H15F2N3O3S/c16-14(17)23-11-5-2-1-4-9(11)19-13(21)8-10(20-15(18)22)12-6-3-7-24-12/h1-7,10,14H,8H2,(H,19,21)(H3,18,20,22). The van der Waals surface area contributed by atoms with Crippen LogP contribution in [-0.2, 0) is 4.79 Å². The smallest absolute Gasteiger partial charge is 0.387 e. The molecule has 0 fully saturated rings. The van der Waals surface area contributed by atoms with E-state index in [9.17, 15) is 18.4 Å². The van der Waals surface area contributed by atoms with Gasteiger partial charge in [-0.2, -0.15) is 8.78 Å². The van der Waals surface area contributed by atoms with Crippen LogP contribution in [0.15, 0.2) is 41.8 Å². The van der Waals surface area contributed by atoms with Crippen molar-refractivity contribution in [3.63, 3.8) is 0 Å². The number of hydrogen-bond acceptors (Lipinski definition) is 4. The SMILES string of the molecule is NC(=O)NC(CC(=O)Nc1ccccc1OC(F)F)c1cccs1. The second-order valence-corrected chi connectivity index (χ2v) is 5.68. The Morgan fingerprint density at radius 2 is 1.96 bits per heavy atom. The Morgan fingerprint density at radius 1 is 1.21 bits per heavy atom. The summed E-state index contributed by atoms with van der Waals surface area (Å²) in [6.45, 7) is -3.00. The highest BCUT2D eigenvalue weighted by Gasteiger charge is 2.19. The molecular weight excluding hydrogens is 340 g/mol. The molecule has 2 aromatic rings. The van der Waals surface area contributed by atoms with Gasteiger partial charge in [0, 0.05) is 4.88 Å². The summed E-state index contributed by atoms with van der Waals surface area (Å²) in [4.78, 5) is 24.0. The molecule has 9 heteroatoms. The average molecular weight is 355 g/mol. The number of thiophene rings is 1. The van der Waals surface area contributed by atoms with Gasteiger partial charge < -0.3 is 21.1 Å². The lowest BCUT2D eigenvalue weighted by Crippen LogP contribution is -2.34. The zero-order chi connectivity index (χ0) is 17.5. The summed E-state index contributed by atoms with van der Waals surface area (Å²) >= 11 is 1.36. The molecule has 24 heavy (non-hydrogen) atoms. The Morgan fingerprint density at radius 3 is 2.58 bits per heavy atom. The molecule has 1 atom stereocenters. The number of ether oxygens (including phenoxy) is 1. The van der Waals surface area contributed by atoms with Crippen molar-refractivity contribution >= 4 is 29.0 Å². The molecule has 128 valence electrons. The third kappa shape index (κ3) is 5.20. The summed E-state index contributed by atoms with van der Waals surface area (Å²) < 4.78 is 29.1. The highest BCUT2D eigenvalue weighted by molar-refractivity contribution is 7.10. The molecule has 1 aromatic carbocycles. The fourth-order valence-corrected chi connectivity index (χ4v) is 2.82. The number of hydrogen-bond donors (Lipinski definition) is 3. The second-order valence-electron chi connectivity index (χ2n) is 4.70. The van der Waals surface area contributed by atoms with Crippen molar-refractivity contribution in [1.82, 2.24) is 5.32 Å². The molecule has 4 N–H and O–H groups in total. The van der Waals surface area contributed by atoms with Gasteiger partial charge in [0.15, 0.2) is 0 Å². The topological polar surface area (TPSA) is 93.5 Å². The second kappa shape index (κ2) is 8.25. The van der Waals surface area contributed by atoms with Crippen LogP contribution in [0.1, 0.15) is 17.3 Å². The summed E-state index contributed by atoms with van der Waals surface area (Å²) in [5, 5.41) is 6.78. The van der Waals surface area contributed by atoms with Crippen molar-refractivity contribution in [2.24, 2.45) is 5.73 Å². The van der Waals surface area contributed by atoms with Crippen molar-refractivity contribution in [3.05, 3.63) is 46.7 Å². The minimum Gasteiger partial charge on any atom is -0.433 e. The van der Waals surface area contributed by atoms with E-state index < -0.39 is 24.6 Å². The van der Waals surface area contributed by atoms with Gasteiger partial charge in [0.25, 0.3) is 0 Å². The first-order valence-corrected chi connectivity index (χ1v) is 7.76. The zero-order valence-electron chi connectivity index (χ0n) is 12.4. The number of urea groups is 1. The number of anilines is 1. The van der Waals surface area contributed by atoms with E-state index in [0.29, 0.717) is 0 Å². The summed E-state index contributed by atoms with van der Waals surface area (Å²) in [7, 11) is 0. The van der Waals surface area contributed by atoms with Gasteiger partial charge in [-0.1, -0.05) is 18.2 Å². The average Bonchev–Trinajstić information content (AvgIpc) is 3.02. The number of benzene rings is 1. The molecule has 0 bridgehead atoms. The van der Waals surface area contributed by atoms with E-state index in [-0.39, 0.29) is 17.9 Å². The number of nitrogens with one attached hydrogen (secondary N) is 2. The summed E-state index contributed by atoms with van der Waals surface area (Å²) in [5.74, 6) is -0.621. The van der Waals surface area contributed by atoms with E-state index in [4.69, 9.17) is 5.73 Å². The predicted molar refractivity (Wildman–Crippen MR) is 86.1 cm³/mol. The highest BCUT2D eigenvalue weighted by Crippen LogP contribution is 2.27. The molecule has 0 spiro atoms. The van der Waals surface area contributed by atoms with Crippen LogP contribution < -0.4 is 21.1 Å². The lowest BCUT2D eigenvalue weighted by molar-refractivity contribution is -0.116. The van der Waals surface area contributed by atoms with Crippen molar-refractivity contribution in [2.75, 3.05) is 5.32 Å². The maximum Gasteiger partial charge on any atom is 0.387 e. The van der Waals surface area contributed by atoms with Gasteiger partial charge in [-0.15, -0.1) is 11.3 Å². The molecule has 0 aliphatic heterocycles. The molecule has 2 rings (SSSR count). The van der Waals surface area contributed by atoms with Crippen LogP contribution in [0.25, 0.3) is 0 Å². The van der Waals surface area contributed by atoms with Gasteiger partial charge in [0.1, 0.15) is 5.75 Å². The van der Waals surface area contributed by atoms with Crippen LogP contribution in [0, 0.1) is 0 Å². The number of halogens is 2. The molecule has 1 heterocycles. The van der Waals surface area contributed by atoms with E-state index >= 15 is 0 Å². The fourth-order valence-electron chi connectivity index (χ4n) is 2.04. The van der Waals surface area contributed by atoms with E-state index in [1.165, 1.54) is 29.5 Å². The molecule has 1 aromatic heterocycles. The van der Waals surface area contributed by atoms with Crippen LogP contribution >= 0.6 is 11.3 Å². The summed E-state index contributed by atoms with van der Waals surface area (Å²) in [6, 6.07) is 8.01. The van der Waals surface area contributed by atoms with Gasteiger partial charge in [-0.25, -0.2) is 4.79 Å². The van der Waals surface area contributed by atoms with Crippen molar-refractivity contribution in [2.45, 2.75) is 19.1 Å². The number of carbonyl (C=O) groups excluding carboxylic acids is 2. The number of primary amides is 1. The third-order valence-corrected chi connectivity index (χ3v) is 3.96. The van der Waals surface area contributed by atoms with Gasteiger partial charge in [-0.05, 0) is 23.6 Å². The number of alkyl halides is 2. The normalized spacial score (nSPS) is 11.8. The Balaban J connectivity index is 2.07. The van der Waals surface area contributed by atoms with E-state index in [1.807, 2.05) is 0 Å². The highest BCUT2D eigenvalue weighted by atomic mass is 32.1. The number of rotatable bonds is 7. The van der Waals surface area contributed by atoms with Crippen molar-refractivity contribution in [3.8, 4) is 5.75 Å². The summed E-state index contributed by atoms with van der Waals surface area (Å²) in [6.07, 6.45) is -0.105. The van der Waals surface area contributed by atoms with Gasteiger partial charge in [0.05, 0.1) is 18.2 Å². The van der Waals surface area contributed by atoms with E-state index in [2.05, 4.69) is 15.4 Å². The lowest BCUT2D eigenvalue weighted by Gasteiger charge is -2.17. The van der Waals surface area contributed by atoms with Crippen LogP contribution in [0.2, 0.25) is 0 Å². The van der Waals surface area contributed by atoms with Crippen molar-refractivity contribution < 1.29 is 23.1 Å². The van der Waals surface area contributed by atoms with Crippen LogP contribution in [0.4, 0.5) is 19.3 Å². The fraction of sp³-hybridized carbons (Fsp3) is 0.200. The molecule has 0 radical (unpaired) electrons. The number of amides is 3. The van der Waals surface area contributed by atoms with Crippen LogP contribution in [-0.4, -0.2) is 18.5 Å². The lowest BCUT2D eigenvalue weighted by atomic mass is 10.1. The molecule has 0 aliphatic carbocycles. The summed E-state index contributed by atoms with van der Waals surface area (Å²) in [5.41, 5.74) is 5.24. The maximum absolute atomic E-state index is 12.4. The predicted octanol–water partition coefficient (Wildman–Crippen LogP) is 3.09. The molecule has 3 amide bonds. The van der Waals surface area contributed by atoms with Crippen LogP contribution in [0.5, 0.6) is 5.75 Å². The minimum absolute atomic E-state index is 0.105. The minimum atomic E-state index is -3.00. The molecular formula is C15H15F2N3O3S. The Kier molecular flexibility index (Phi) is 6.07. The first-order valence-electron chi connectivity index (χ1n) is 6.88. The number of carbonyl (C=O) groups is 2. The first-order chi connectivity index (χ1) is 11.5. The molecule has 0 saturated carbocycles. The van der Waals surface area contributed by atoms with E-state index in [1.54, 1.807) is 23.6 Å². The molecule has 0 aliphatic rings. The first kappa shape index (κ1) is 17.7. The Hall–Kier alpha value is -2.68. The van der Waals surface area contributed by atoms with Crippen molar-refractivity contribution in [1.29, 1.82) is 0 Å². The maximum atomic E-state index is 12.4. The number of nitrogens with two attached hydrogens (primary N) is 1. The molecule has 0 saturated heterocycles. The van der Waals surface area contributed by atoms with E-state index in [0.717, 1.165) is 4.88 Å². The van der Waals surface area contributed by atoms with Gasteiger partial charge in [0.2, 0.25) is 5.91 Å². The largest absolute Gasteiger partial charge is 0.433 e. The number of para-hydroxylation sites is 2. The van der Waals surface area contributed by atoms with Gasteiger partial charge >= 0.3 is 12.6 Å². The Labute approximate surface area is 140 Å². The quantitative estimate of drug-likeness (QED) is 0.712. The third-order valence-electron chi connectivity index (χ3n) is 2.97. The van der Waals surface area contributed by atoms with Crippen LogP contribution in [0.3, 0.4) is 0 Å². The Bertz CT molecular complexity index is 695. The monoisotopic (exact) mass is 355 g/mol. The molecule has 6 nitrogen and oxygen atoms in total.